The van der Waals surface area contributed by atoms with E-state index in [0.717, 1.165) is 16.9 Å². The summed E-state index contributed by atoms with van der Waals surface area (Å²) in [7, 11) is -1.97. The Hall–Kier alpha value is -1.56. The summed E-state index contributed by atoms with van der Waals surface area (Å²) in [6, 6.07) is 13.9. The van der Waals surface area contributed by atoms with Gasteiger partial charge >= 0.3 is 0 Å². The topological polar surface area (TPSA) is 55.4 Å². The van der Waals surface area contributed by atoms with Crippen LogP contribution in [0, 0.1) is 6.92 Å². The normalized spacial score (nSPS) is 12.9. The molecule has 0 amide bonds. The minimum absolute atomic E-state index is 0.115. The summed E-state index contributed by atoms with van der Waals surface area (Å²) in [4.78, 5) is 0.233. The number of benzene rings is 2. The van der Waals surface area contributed by atoms with Gasteiger partial charge in [0.05, 0.1) is 17.4 Å². The fourth-order valence-electron chi connectivity index (χ4n) is 1.91. The molecule has 0 saturated heterocycles. The van der Waals surface area contributed by atoms with E-state index >= 15 is 0 Å². The average molecular weight is 340 g/mol. The number of hydrogen-bond donors (Lipinski definition) is 1. The summed E-state index contributed by atoms with van der Waals surface area (Å²) >= 11 is 6.25. The van der Waals surface area contributed by atoms with Gasteiger partial charge in [0.1, 0.15) is 5.75 Å². The van der Waals surface area contributed by atoms with E-state index in [0.29, 0.717) is 0 Å². The van der Waals surface area contributed by atoms with Crippen molar-refractivity contribution in [2.24, 2.45) is 0 Å². The van der Waals surface area contributed by atoms with Gasteiger partial charge in [-0.05, 0) is 36.8 Å². The Morgan fingerprint density at radius 3 is 2.23 bits per heavy atom. The fourth-order valence-corrected chi connectivity index (χ4v) is 3.28. The van der Waals surface area contributed by atoms with Crippen molar-refractivity contribution < 1.29 is 13.2 Å². The van der Waals surface area contributed by atoms with Crippen molar-refractivity contribution in [1.29, 1.82) is 0 Å². The van der Waals surface area contributed by atoms with Crippen LogP contribution in [0.5, 0.6) is 5.75 Å². The molecule has 0 spiro atoms. The number of nitrogens with one attached hydrogen (secondary N) is 1. The van der Waals surface area contributed by atoms with Crippen LogP contribution in [0.3, 0.4) is 0 Å². The van der Waals surface area contributed by atoms with E-state index in [4.69, 9.17) is 16.3 Å². The van der Waals surface area contributed by atoms with Crippen LogP contribution in [0.25, 0.3) is 0 Å². The number of alkyl halides is 1. The lowest BCUT2D eigenvalue weighted by Gasteiger charge is -2.12. The number of methoxy groups -OCH3 is 1. The molecule has 2 aromatic carbocycles. The molecule has 118 valence electrons. The van der Waals surface area contributed by atoms with Gasteiger partial charge in [0.15, 0.2) is 0 Å². The summed E-state index contributed by atoms with van der Waals surface area (Å²) < 4.78 is 32.0. The summed E-state index contributed by atoms with van der Waals surface area (Å²) in [5, 5.41) is -0.453. The monoisotopic (exact) mass is 339 g/mol. The van der Waals surface area contributed by atoms with E-state index in [9.17, 15) is 8.42 Å². The molecule has 0 aliphatic rings. The zero-order valence-electron chi connectivity index (χ0n) is 12.4. The zero-order chi connectivity index (χ0) is 16.2. The summed E-state index contributed by atoms with van der Waals surface area (Å²) in [5.74, 6) is 0.729. The Morgan fingerprint density at radius 1 is 1.09 bits per heavy atom. The Labute approximate surface area is 136 Å². The quantitative estimate of drug-likeness (QED) is 0.822. The molecule has 0 heterocycles. The van der Waals surface area contributed by atoms with E-state index in [2.05, 4.69) is 4.72 Å². The van der Waals surface area contributed by atoms with Crippen molar-refractivity contribution in [3.63, 3.8) is 0 Å². The average Bonchev–Trinajstić information content (AvgIpc) is 2.53. The fraction of sp³-hybridized carbons (Fsp3) is 0.250. The molecule has 0 fully saturated rings. The van der Waals surface area contributed by atoms with Gasteiger partial charge in [-0.1, -0.05) is 29.8 Å². The van der Waals surface area contributed by atoms with E-state index in [1.165, 1.54) is 0 Å². The van der Waals surface area contributed by atoms with Crippen LogP contribution in [0.15, 0.2) is 53.4 Å². The van der Waals surface area contributed by atoms with E-state index < -0.39 is 15.4 Å². The third-order valence-electron chi connectivity index (χ3n) is 3.26. The first-order chi connectivity index (χ1) is 10.4. The van der Waals surface area contributed by atoms with Gasteiger partial charge in [0.25, 0.3) is 0 Å². The molecule has 1 unspecified atom stereocenters. The van der Waals surface area contributed by atoms with Crippen molar-refractivity contribution in [1.82, 2.24) is 4.72 Å². The van der Waals surface area contributed by atoms with Crippen LogP contribution < -0.4 is 9.46 Å². The number of hydrogen-bond acceptors (Lipinski definition) is 3. The molecular weight excluding hydrogens is 322 g/mol. The number of ether oxygens (including phenoxy) is 1. The molecule has 4 nitrogen and oxygen atoms in total. The van der Waals surface area contributed by atoms with Crippen molar-refractivity contribution in [3.8, 4) is 5.75 Å². The largest absolute Gasteiger partial charge is 0.497 e. The highest BCUT2D eigenvalue weighted by molar-refractivity contribution is 7.89. The molecule has 22 heavy (non-hydrogen) atoms. The highest BCUT2D eigenvalue weighted by Crippen LogP contribution is 2.23. The molecule has 0 bridgehead atoms. The molecule has 2 aromatic rings. The molecule has 0 aromatic heterocycles. The third-order valence-corrected chi connectivity index (χ3v) is 5.11. The predicted molar refractivity (Wildman–Crippen MR) is 88.0 cm³/mol. The number of rotatable bonds is 6. The second-order valence-corrected chi connectivity index (χ2v) is 7.20. The molecule has 0 aliphatic heterocycles. The molecule has 0 radical (unpaired) electrons. The lowest BCUT2D eigenvalue weighted by atomic mass is 10.1. The number of aryl methyl sites for hydroxylation is 1. The lowest BCUT2D eigenvalue weighted by molar-refractivity contribution is 0.414. The van der Waals surface area contributed by atoms with E-state index in [-0.39, 0.29) is 11.4 Å². The summed E-state index contributed by atoms with van der Waals surface area (Å²) in [5.41, 5.74) is 1.83. The highest BCUT2D eigenvalue weighted by atomic mass is 35.5. The minimum atomic E-state index is -3.55. The van der Waals surface area contributed by atoms with Crippen molar-refractivity contribution >= 4 is 21.6 Å². The lowest BCUT2D eigenvalue weighted by Crippen LogP contribution is -2.27. The first-order valence-electron chi connectivity index (χ1n) is 6.77. The van der Waals surface area contributed by atoms with Crippen molar-refractivity contribution in [2.45, 2.75) is 17.2 Å². The Balaban J connectivity index is 2.02. The van der Waals surface area contributed by atoms with Gasteiger partial charge in [-0.3, -0.25) is 0 Å². The number of sulfonamides is 1. The minimum Gasteiger partial charge on any atom is -0.497 e. The van der Waals surface area contributed by atoms with Gasteiger partial charge in [-0.25, -0.2) is 13.1 Å². The van der Waals surface area contributed by atoms with Gasteiger partial charge in [-0.15, -0.1) is 11.6 Å². The third kappa shape index (κ3) is 4.22. The van der Waals surface area contributed by atoms with Gasteiger partial charge in [0.2, 0.25) is 10.0 Å². The SMILES string of the molecule is COc1ccc(C(Cl)CNS(=O)(=O)c2ccc(C)cc2)cc1. The second-order valence-electron chi connectivity index (χ2n) is 4.91. The van der Waals surface area contributed by atoms with Crippen LogP contribution in [0.1, 0.15) is 16.5 Å². The number of halogens is 1. The molecule has 0 saturated carbocycles. The molecule has 0 aliphatic carbocycles. The van der Waals surface area contributed by atoms with E-state index in [1.807, 2.05) is 19.1 Å². The zero-order valence-corrected chi connectivity index (χ0v) is 14.0. The van der Waals surface area contributed by atoms with Crippen LogP contribution in [0.2, 0.25) is 0 Å². The van der Waals surface area contributed by atoms with E-state index in [1.54, 1.807) is 43.5 Å². The maximum atomic E-state index is 12.2. The molecule has 1 N–H and O–H groups in total. The first-order valence-corrected chi connectivity index (χ1v) is 8.68. The van der Waals surface area contributed by atoms with Crippen molar-refractivity contribution in [3.05, 3.63) is 59.7 Å². The maximum Gasteiger partial charge on any atom is 0.240 e. The summed E-state index contributed by atoms with van der Waals surface area (Å²) in [6.07, 6.45) is 0. The molecular formula is C16H18ClNO3S. The molecule has 6 heteroatoms. The molecule has 1 atom stereocenters. The highest BCUT2D eigenvalue weighted by Gasteiger charge is 2.16. The smallest absolute Gasteiger partial charge is 0.240 e. The summed E-state index contributed by atoms with van der Waals surface area (Å²) in [6.45, 7) is 2.02. The molecule has 2 rings (SSSR count). The second kappa shape index (κ2) is 7.13. The van der Waals surface area contributed by atoms with Crippen LogP contribution in [-0.4, -0.2) is 22.1 Å². The maximum absolute atomic E-state index is 12.2. The standard InChI is InChI=1S/C16H18ClNO3S/c1-12-3-9-15(10-4-12)22(19,20)18-11-16(17)13-5-7-14(21-2)8-6-13/h3-10,16,18H,11H2,1-2H3. The Kier molecular flexibility index (Phi) is 5.45. The van der Waals surface area contributed by atoms with Gasteiger partial charge < -0.3 is 4.74 Å². The van der Waals surface area contributed by atoms with Gasteiger partial charge in [-0.2, -0.15) is 0 Å². The Bertz CT molecular complexity index is 712. The van der Waals surface area contributed by atoms with Crippen LogP contribution in [0.4, 0.5) is 0 Å². The van der Waals surface area contributed by atoms with Crippen LogP contribution in [-0.2, 0) is 10.0 Å². The van der Waals surface area contributed by atoms with Gasteiger partial charge in [0, 0.05) is 6.54 Å². The van der Waals surface area contributed by atoms with Crippen LogP contribution >= 0.6 is 11.6 Å². The van der Waals surface area contributed by atoms with Crippen molar-refractivity contribution in [2.75, 3.05) is 13.7 Å². The Morgan fingerprint density at radius 2 is 1.68 bits per heavy atom. The first kappa shape index (κ1) is 16.8. The predicted octanol–water partition coefficient (Wildman–Crippen LogP) is 3.26.